The number of ketones is 1. The molecule has 0 N–H and O–H groups in total. The van der Waals surface area contributed by atoms with E-state index in [1.807, 2.05) is 6.07 Å². The largest absolute Gasteiger partial charge is 0.462 e. The zero-order valence-corrected chi connectivity index (χ0v) is 22.8. The standard InChI is InChI=1S/C31H46O3/c1-19(2)10-9-11-20(3)23-16-17-30(7)25-14-13-24-22(28(25)26(33)18-31(23,30)8)12-15-27(29(24,5)6)34-21(4)32/h13-14,19-20,23,27H,9-12,15-18H2,1-8H3/t20-,23-,27+,30+,31-/m1/s1/i14D. The molecular formula is C31H46O3. The molecule has 5 atom stereocenters. The number of fused-ring (bicyclic) bond motifs is 5. The van der Waals surface area contributed by atoms with Gasteiger partial charge >= 0.3 is 5.97 Å². The van der Waals surface area contributed by atoms with Crippen LogP contribution >= 0.6 is 0 Å². The summed E-state index contributed by atoms with van der Waals surface area (Å²) < 4.78 is 14.9. The number of benzene rings is 1. The van der Waals surface area contributed by atoms with Crippen LogP contribution in [0.2, 0.25) is 0 Å². The molecule has 0 amide bonds. The van der Waals surface area contributed by atoms with Crippen LogP contribution in [0.15, 0.2) is 12.1 Å². The molecule has 0 aromatic heterocycles. The highest BCUT2D eigenvalue weighted by Gasteiger charge is 2.60. The van der Waals surface area contributed by atoms with E-state index in [0.29, 0.717) is 24.3 Å². The second-order valence-corrected chi connectivity index (χ2v) is 13.1. The summed E-state index contributed by atoms with van der Waals surface area (Å²) in [6, 6.07) is 2.51. The highest BCUT2D eigenvalue weighted by atomic mass is 16.5. The van der Waals surface area contributed by atoms with Gasteiger partial charge in [-0.05, 0) is 71.0 Å². The summed E-state index contributed by atoms with van der Waals surface area (Å²) in [7, 11) is 0. The minimum absolute atomic E-state index is 0.108. The topological polar surface area (TPSA) is 43.4 Å². The average molecular weight is 468 g/mol. The number of Topliss-reactive ketones (excluding diaryl/α,β-unsaturated/α-hetero) is 1. The molecule has 1 aromatic carbocycles. The van der Waals surface area contributed by atoms with Crippen LogP contribution in [0.5, 0.6) is 0 Å². The molecule has 0 aliphatic heterocycles. The molecule has 0 unspecified atom stereocenters. The molecule has 0 radical (unpaired) electrons. The quantitative estimate of drug-likeness (QED) is 0.405. The Hall–Kier alpha value is -1.64. The molecule has 4 rings (SSSR count). The minimum Gasteiger partial charge on any atom is -0.462 e. The Balaban J connectivity index is 1.75. The Morgan fingerprint density at radius 3 is 2.50 bits per heavy atom. The van der Waals surface area contributed by atoms with Crippen LogP contribution in [0.1, 0.15) is 129 Å². The third kappa shape index (κ3) is 3.86. The molecule has 3 aliphatic carbocycles. The maximum atomic E-state index is 14.0. The Kier molecular flexibility index (Phi) is 6.22. The first-order chi connectivity index (χ1) is 16.2. The van der Waals surface area contributed by atoms with Crippen molar-refractivity contribution < 1.29 is 15.7 Å². The molecule has 3 heteroatoms. The van der Waals surface area contributed by atoms with Crippen LogP contribution in [0.4, 0.5) is 0 Å². The molecule has 0 bridgehead atoms. The van der Waals surface area contributed by atoms with Crippen LogP contribution in [-0.4, -0.2) is 17.9 Å². The summed E-state index contributed by atoms with van der Waals surface area (Å²) in [6.07, 6.45) is 7.73. The van der Waals surface area contributed by atoms with Crippen molar-refractivity contribution in [1.29, 1.82) is 0 Å². The fourth-order valence-corrected chi connectivity index (χ4v) is 7.96. The predicted molar refractivity (Wildman–Crippen MR) is 138 cm³/mol. The van der Waals surface area contributed by atoms with Gasteiger partial charge in [-0.25, -0.2) is 0 Å². The highest BCUT2D eigenvalue weighted by molar-refractivity contribution is 6.02. The first-order valence-electron chi connectivity index (χ1n) is 14.1. The summed E-state index contributed by atoms with van der Waals surface area (Å²) >= 11 is 0. The number of carbonyl (C=O) groups excluding carboxylic acids is 2. The predicted octanol–water partition coefficient (Wildman–Crippen LogP) is 7.56. The molecule has 1 aromatic rings. The molecule has 34 heavy (non-hydrogen) atoms. The first-order valence-corrected chi connectivity index (χ1v) is 13.6. The van der Waals surface area contributed by atoms with Gasteiger partial charge in [-0.15, -0.1) is 0 Å². The van der Waals surface area contributed by atoms with E-state index in [9.17, 15) is 11.0 Å². The minimum atomic E-state index is -0.421. The Labute approximate surface area is 208 Å². The van der Waals surface area contributed by atoms with Crippen molar-refractivity contribution in [3.63, 3.8) is 0 Å². The first kappa shape index (κ1) is 24.1. The number of carbonyl (C=O) groups is 2. The van der Waals surface area contributed by atoms with Crippen molar-refractivity contribution in [2.24, 2.45) is 23.2 Å². The second kappa shape index (κ2) is 8.79. The zero-order valence-electron chi connectivity index (χ0n) is 23.8. The average Bonchev–Trinajstić information content (AvgIpc) is 3.01. The fraction of sp³-hybridized carbons (Fsp3) is 0.742. The lowest BCUT2D eigenvalue weighted by atomic mass is 9.52. The van der Waals surface area contributed by atoms with Crippen molar-refractivity contribution in [1.82, 2.24) is 0 Å². The third-order valence-corrected chi connectivity index (χ3v) is 10.2. The van der Waals surface area contributed by atoms with Crippen molar-refractivity contribution in [2.75, 3.05) is 0 Å². The third-order valence-electron chi connectivity index (χ3n) is 10.2. The molecule has 0 spiro atoms. The summed E-state index contributed by atoms with van der Waals surface area (Å²) in [5, 5.41) is 0. The van der Waals surface area contributed by atoms with E-state index in [1.54, 1.807) is 0 Å². The van der Waals surface area contributed by atoms with E-state index in [0.717, 1.165) is 53.9 Å². The number of hydrogen-bond acceptors (Lipinski definition) is 3. The lowest BCUT2D eigenvalue weighted by Gasteiger charge is -2.51. The molecule has 188 valence electrons. The van der Waals surface area contributed by atoms with Gasteiger partial charge in [-0.1, -0.05) is 79.8 Å². The lowest BCUT2D eigenvalue weighted by Crippen LogP contribution is -2.49. The van der Waals surface area contributed by atoms with Crippen molar-refractivity contribution >= 4 is 11.8 Å². The monoisotopic (exact) mass is 467 g/mol. The molecule has 0 saturated heterocycles. The molecule has 1 saturated carbocycles. The van der Waals surface area contributed by atoms with Gasteiger partial charge in [0.25, 0.3) is 0 Å². The number of rotatable bonds is 6. The van der Waals surface area contributed by atoms with Crippen molar-refractivity contribution in [3.05, 3.63) is 34.4 Å². The van der Waals surface area contributed by atoms with E-state index >= 15 is 0 Å². The Morgan fingerprint density at radius 1 is 1.15 bits per heavy atom. The number of ether oxygens (including phenoxy) is 1. The van der Waals surface area contributed by atoms with E-state index in [4.69, 9.17) is 4.74 Å². The summed E-state index contributed by atoms with van der Waals surface area (Å²) in [5.41, 5.74) is 3.30. The number of hydrogen-bond donors (Lipinski definition) is 0. The van der Waals surface area contributed by atoms with Crippen molar-refractivity contribution in [2.45, 2.75) is 124 Å². The van der Waals surface area contributed by atoms with Crippen LogP contribution in [0.3, 0.4) is 0 Å². The smallest absolute Gasteiger partial charge is 0.302 e. The summed E-state index contributed by atoms with van der Waals surface area (Å²) in [6.45, 7) is 17.3. The van der Waals surface area contributed by atoms with E-state index < -0.39 is 5.41 Å². The maximum Gasteiger partial charge on any atom is 0.302 e. The van der Waals surface area contributed by atoms with Gasteiger partial charge in [0.15, 0.2) is 5.78 Å². The van der Waals surface area contributed by atoms with Crippen LogP contribution < -0.4 is 0 Å². The Bertz CT molecular complexity index is 1020. The number of esters is 1. The molecule has 1 fully saturated rings. The lowest BCUT2D eigenvalue weighted by molar-refractivity contribution is -0.150. The van der Waals surface area contributed by atoms with Crippen LogP contribution in [0, 0.1) is 23.2 Å². The molecular weight excluding hydrogens is 420 g/mol. The van der Waals surface area contributed by atoms with Gasteiger partial charge < -0.3 is 4.74 Å². The van der Waals surface area contributed by atoms with Gasteiger partial charge in [0.05, 0.1) is 1.37 Å². The zero-order chi connectivity index (χ0) is 25.9. The van der Waals surface area contributed by atoms with Gasteiger partial charge in [-0.3, -0.25) is 9.59 Å². The Morgan fingerprint density at radius 2 is 1.85 bits per heavy atom. The van der Waals surface area contributed by atoms with Gasteiger partial charge in [-0.2, -0.15) is 0 Å². The van der Waals surface area contributed by atoms with E-state index in [2.05, 4.69) is 48.5 Å². The van der Waals surface area contributed by atoms with E-state index in [1.165, 1.54) is 26.2 Å². The summed E-state index contributed by atoms with van der Waals surface area (Å²) in [5.74, 6) is 1.79. The van der Waals surface area contributed by atoms with Gasteiger partial charge in [0, 0.05) is 24.3 Å². The molecule has 0 heterocycles. The SMILES string of the molecule is [2H]c1cc2c(c3c1[C@]1(C)CC[C@H]([C@H](C)CCCC(C)C)[C@@]1(C)CC3=O)CC[C@H](OC(C)=O)C2(C)C. The maximum absolute atomic E-state index is 14.0. The second-order valence-electron chi connectivity index (χ2n) is 13.1. The van der Waals surface area contributed by atoms with Gasteiger partial charge in [0.1, 0.15) is 6.10 Å². The normalized spacial score (nSPS) is 33.1. The van der Waals surface area contributed by atoms with Crippen LogP contribution in [0.25, 0.3) is 0 Å². The molecule has 3 aliphatic rings. The molecule has 3 nitrogen and oxygen atoms in total. The fourth-order valence-electron chi connectivity index (χ4n) is 7.96. The van der Waals surface area contributed by atoms with E-state index in [-0.39, 0.29) is 28.7 Å². The highest BCUT2D eigenvalue weighted by Crippen LogP contribution is 2.65. The summed E-state index contributed by atoms with van der Waals surface area (Å²) in [4.78, 5) is 25.7. The van der Waals surface area contributed by atoms with Gasteiger partial charge in [0.2, 0.25) is 0 Å². The van der Waals surface area contributed by atoms with Crippen molar-refractivity contribution in [3.8, 4) is 0 Å². The van der Waals surface area contributed by atoms with Crippen LogP contribution in [-0.2, 0) is 26.8 Å².